The maximum atomic E-state index is 8.89. The SMILES string of the molecule is Cc1c(C(N)CCO)sc2ccccc12.Cl. The smallest absolute Gasteiger partial charge is 0.0449 e. The van der Waals surface area contributed by atoms with Gasteiger partial charge in [-0.15, -0.1) is 23.7 Å². The molecule has 1 atom stereocenters. The second-order valence-electron chi connectivity index (χ2n) is 3.71. The standard InChI is InChI=1S/C12H15NOS.ClH/c1-8-9-4-2-3-5-11(9)15-12(8)10(13)6-7-14;/h2-5,10,14H,6-7,13H2,1H3;1H. The van der Waals surface area contributed by atoms with Gasteiger partial charge in [-0.25, -0.2) is 0 Å². The van der Waals surface area contributed by atoms with Crippen molar-refractivity contribution in [1.82, 2.24) is 0 Å². The van der Waals surface area contributed by atoms with Crippen LogP contribution in [0, 0.1) is 6.92 Å². The van der Waals surface area contributed by atoms with Gasteiger partial charge in [-0.05, 0) is 30.4 Å². The molecule has 0 aliphatic rings. The van der Waals surface area contributed by atoms with Crippen LogP contribution in [-0.4, -0.2) is 11.7 Å². The van der Waals surface area contributed by atoms with Crippen LogP contribution in [0.15, 0.2) is 24.3 Å². The lowest BCUT2D eigenvalue weighted by molar-refractivity contribution is 0.277. The van der Waals surface area contributed by atoms with Crippen LogP contribution in [0.25, 0.3) is 10.1 Å². The molecular formula is C12H16ClNOS. The first-order chi connectivity index (χ1) is 7.24. The topological polar surface area (TPSA) is 46.2 Å². The molecule has 0 aliphatic heterocycles. The lowest BCUT2D eigenvalue weighted by atomic mass is 10.1. The molecule has 88 valence electrons. The first-order valence-electron chi connectivity index (χ1n) is 5.08. The predicted molar refractivity (Wildman–Crippen MR) is 72.4 cm³/mol. The number of halogens is 1. The molecule has 3 N–H and O–H groups in total. The molecule has 4 heteroatoms. The fourth-order valence-electron chi connectivity index (χ4n) is 1.82. The highest BCUT2D eigenvalue weighted by atomic mass is 35.5. The van der Waals surface area contributed by atoms with E-state index in [0.29, 0.717) is 6.42 Å². The summed E-state index contributed by atoms with van der Waals surface area (Å²) in [4.78, 5) is 1.20. The van der Waals surface area contributed by atoms with E-state index in [2.05, 4.69) is 19.1 Å². The Morgan fingerprint density at radius 1 is 1.38 bits per heavy atom. The van der Waals surface area contributed by atoms with Crippen LogP contribution in [0.2, 0.25) is 0 Å². The van der Waals surface area contributed by atoms with Crippen molar-refractivity contribution in [3.63, 3.8) is 0 Å². The lowest BCUT2D eigenvalue weighted by Gasteiger charge is -2.08. The fourth-order valence-corrected chi connectivity index (χ4v) is 3.06. The average Bonchev–Trinajstić information content (AvgIpc) is 2.57. The largest absolute Gasteiger partial charge is 0.396 e. The number of aryl methyl sites for hydroxylation is 1. The fraction of sp³-hybridized carbons (Fsp3) is 0.333. The molecular weight excluding hydrogens is 242 g/mol. The summed E-state index contributed by atoms with van der Waals surface area (Å²) in [7, 11) is 0. The molecule has 0 fully saturated rings. The van der Waals surface area contributed by atoms with Gasteiger partial charge in [0.1, 0.15) is 0 Å². The van der Waals surface area contributed by atoms with Crippen molar-refractivity contribution in [3.05, 3.63) is 34.7 Å². The third kappa shape index (κ3) is 2.38. The van der Waals surface area contributed by atoms with Crippen LogP contribution in [0.1, 0.15) is 22.9 Å². The molecule has 0 radical (unpaired) electrons. The Bertz CT molecular complexity index is 469. The summed E-state index contributed by atoms with van der Waals surface area (Å²) >= 11 is 1.74. The van der Waals surface area contributed by atoms with E-state index in [9.17, 15) is 0 Å². The minimum Gasteiger partial charge on any atom is -0.396 e. The number of fused-ring (bicyclic) bond motifs is 1. The van der Waals surface area contributed by atoms with Crippen LogP contribution >= 0.6 is 23.7 Å². The van der Waals surface area contributed by atoms with E-state index in [1.165, 1.54) is 20.5 Å². The van der Waals surface area contributed by atoms with Crippen LogP contribution in [0.5, 0.6) is 0 Å². The van der Waals surface area contributed by atoms with Gasteiger partial charge in [-0.3, -0.25) is 0 Å². The van der Waals surface area contributed by atoms with E-state index < -0.39 is 0 Å². The van der Waals surface area contributed by atoms with Crippen molar-refractivity contribution in [2.45, 2.75) is 19.4 Å². The van der Waals surface area contributed by atoms with Gasteiger partial charge in [-0.1, -0.05) is 18.2 Å². The Morgan fingerprint density at radius 3 is 2.69 bits per heavy atom. The van der Waals surface area contributed by atoms with Crippen molar-refractivity contribution < 1.29 is 5.11 Å². The summed E-state index contributed by atoms with van der Waals surface area (Å²) in [5, 5.41) is 10.2. The van der Waals surface area contributed by atoms with Gasteiger partial charge >= 0.3 is 0 Å². The van der Waals surface area contributed by atoms with Gasteiger partial charge < -0.3 is 10.8 Å². The number of rotatable bonds is 3. The van der Waals surface area contributed by atoms with E-state index in [4.69, 9.17) is 10.8 Å². The van der Waals surface area contributed by atoms with E-state index in [-0.39, 0.29) is 25.1 Å². The normalized spacial score (nSPS) is 12.4. The van der Waals surface area contributed by atoms with Gasteiger partial charge in [0.2, 0.25) is 0 Å². The molecule has 1 aromatic heterocycles. The number of aliphatic hydroxyl groups excluding tert-OH is 1. The quantitative estimate of drug-likeness (QED) is 0.888. The third-order valence-electron chi connectivity index (χ3n) is 2.66. The summed E-state index contributed by atoms with van der Waals surface area (Å²) in [6, 6.07) is 8.29. The van der Waals surface area contributed by atoms with Crippen molar-refractivity contribution >= 4 is 33.8 Å². The molecule has 0 aliphatic carbocycles. The molecule has 16 heavy (non-hydrogen) atoms. The van der Waals surface area contributed by atoms with Crippen molar-refractivity contribution in [3.8, 4) is 0 Å². The minimum absolute atomic E-state index is 0. The highest BCUT2D eigenvalue weighted by Gasteiger charge is 2.13. The monoisotopic (exact) mass is 257 g/mol. The Balaban J connectivity index is 0.00000128. The summed E-state index contributed by atoms with van der Waals surface area (Å²) in [5.41, 5.74) is 7.28. The third-order valence-corrected chi connectivity index (χ3v) is 4.06. The maximum absolute atomic E-state index is 8.89. The molecule has 2 rings (SSSR count). The predicted octanol–water partition coefficient (Wildman–Crippen LogP) is 3.01. The van der Waals surface area contributed by atoms with Crippen LogP contribution in [0.4, 0.5) is 0 Å². The summed E-state index contributed by atoms with van der Waals surface area (Å²) in [6.45, 7) is 2.25. The highest BCUT2D eigenvalue weighted by molar-refractivity contribution is 7.19. The molecule has 0 spiro atoms. The molecule has 0 bridgehead atoms. The zero-order valence-corrected chi connectivity index (χ0v) is 10.8. The number of hydrogen-bond donors (Lipinski definition) is 2. The van der Waals surface area contributed by atoms with E-state index in [1.54, 1.807) is 11.3 Å². The van der Waals surface area contributed by atoms with Gasteiger partial charge in [0.25, 0.3) is 0 Å². The zero-order valence-electron chi connectivity index (χ0n) is 9.14. The first-order valence-corrected chi connectivity index (χ1v) is 5.90. The first kappa shape index (κ1) is 13.5. The van der Waals surface area contributed by atoms with Gasteiger partial charge in [0, 0.05) is 22.2 Å². The lowest BCUT2D eigenvalue weighted by Crippen LogP contribution is -2.11. The molecule has 1 unspecified atom stereocenters. The molecule has 2 nitrogen and oxygen atoms in total. The van der Waals surface area contributed by atoms with E-state index in [0.717, 1.165) is 0 Å². The summed E-state index contributed by atoms with van der Waals surface area (Å²) in [6.07, 6.45) is 0.633. The number of aliphatic hydroxyl groups is 1. The number of thiophene rings is 1. The number of nitrogens with two attached hydrogens (primary N) is 1. The Labute approximate surface area is 106 Å². The Morgan fingerprint density at radius 2 is 2.06 bits per heavy atom. The molecule has 0 saturated heterocycles. The Hall–Kier alpha value is -0.610. The number of hydrogen-bond acceptors (Lipinski definition) is 3. The summed E-state index contributed by atoms with van der Waals surface area (Å²) in [5.74, 6) is 0. The maximum Gasteiger partial charge on any atom is 0.0449 e. The average molecular weight is 258 g/mol. The molecule has 0 saturated carbocycles. The molecule has 1 heterocycles. The summed E-state index contributed by atoms with van der Waals surface area (Å²) < 4.78 is 1.28. The van der Waals surface area contributed by atoms with E-state index in [1.807, 2.05) is 12.1 Å². The molecule has 1 aromatic carbocycles. The van der Waals surface area contributed by atoms with Crippen LogP contribution in [-0.2, 0) is 0 Å². The second-order valence-corrected chi connectivity index (χ2v) is 4.79. The van der Waals surface area contributed by atoms with E-state index >= 15 is 0 Å². The molecule has 2 aromatic rings. The van der Waals surface area contributed by atoms with Gasteiger partial charge in [-0.2, -0.15) is 0 Å². The second kappa shape index (κ2) is 5.64. The molecule has 0 amide bonds. The van der Waals surface area contributed by atoms with Gasteiger partial charge in [0.05, 0.1) is 0 Å². The van der Waals surface area contributed by atoms with Crippen LogP contribution < -0.4 is 5.73 Å². The number of benzene rings is 1. The van der Waals surface area contributed by atoms with Crippen LogP contribution in [0.3, 0.4) is 0 Å². The minimum atomic E-state index is -0.0348. The highest BCUT2D eigenvalue weighted by Crippen LogP contribution is 2.34. The zero-order chi connectivity index (χ0) is 10.8. The van der Waals surface area contributed by atoms with Gasteiger partial charge in [0.15, 0.2) is 0 Å². The van der Waals surface area contributed by atoms with Crippen molar-refractivity contribution in [2.24, 2.45) is 5.73 Å². The van der Waals surface area contributed by atoms with Crippen molar-refractivity contribution in [1.29, 1.82) is 0 Å². The Kier molecular flexibility index (Phi) is 4.74. The van der Waals surface area contributed by atoms with Crippen molar-refractivity contribution in [2.75, 3.05) is 6.61 Å².